The van der Waals surface area contributed by atoms with E-state index >= 15 is 0 Å². The van der Waals surface area contributed by atoms with E-state index in [0.717, 1.165) is 12.1 Å². The second kappa shape index (κ2) is 8.66. The Morgan fingerprint density at radius 2 is 2.06 bits per heavy atom. The zero-order valence-corrected chi connectivity index (χ0v) is 10.9. The van der Waals surface area contributed by atoms with Crippen LogP contribution in [0.3, 0.4) is 0 Å². The summed E-state index contributed by atoms with van der Waals surface area (Å²) in [5.41, 5.74) is 7.37. The Kier molecular flexibility index (Phi) is 7.06. The fourth-order valence-corrected chi connectivity index (χ4v) is 1.58. The Hall–Kier alpha value is -1.39. The van der Waals surface area contributed by atoms with Gasteiger partial charge < -0.3 is 15.8 Å². The lowest BCUT2D eigenvalue weighted by Crippen LogP contribution is -2.20. The van der Waals surface area contributed by atoms with Gasteiger partial charge in [0.1, 0.15) is 6.61 Å². The molecule has 0 aliphatic heterocycles. The Morgan fingerprint density at radius 3 is 2.67 bits per heavy atom. The first kappa shape index (κ1) is 14.7. The van der Waals surface area contributed by atoms with Crippen LogP contribution in [0.15, 0.2) is 24.3 Å². The van der Waals surface area contributed by atoms with Crippen LogP contribution >= 0.6 is 0 Å². The Bertz CT molecular complexity index is 349. The van der Waals surface area contributed by atoms with Gasteiger partial charge in [0, 0.05) is 12.2 Å². The quantitative estimate of drug-likeness (QED) is 0.693. The normalized spacial score (nSPS) is 10.3. The van der Waals surface area contributed by atoms with Crippen LogP contribution in [0.1, 0.15) is 25.3 Å². The van der Waals surface area contributed by atoms with Crippen LogP contribution in [0, 0.1) is 0 Å². The van der Waals surface area contributed by atoms with Crippen molar-refractivity contribution in [3.63, 3.8) is 0 Å². The summed E-state index contributed by atoms with van der Waals surface area (Å²) in [6.07, 6.45) is 3.47. The fraction of sp³-hybridized carbons (Fsp3) is 0.500. The largest absolute Gasteiger partial charge is 0.370 e. The number of hydrogen-bond donors (Lipinski definition) is 2. The van der Waals surface area contributed by atoms with Gasteiger partial charge in [-0.2, -0.15) is 0 Å². The highest BCUT2D eigenvalue weighted by atomic mass is 16.5. The molecule has 4 nitrogen and oxygen atoms in total. The minimum absolute atomic E-state index is 0.0504. The molecule has 0 bridgehead atoms. The van der Waals surface area contributed by atoms with Crippen molar-refractivity contribution >= 4 is 11.6 Å². The SMILES string of the molecule is CCCCc1ccc(NC(=O)COCCN)cc1. The molecule has 0 aliphatic carbocycles. The van der Waals surface area contributed by atoms with E-state index in [-0.39, 0.29) is 12.5 Å². The molecule has 4 heteroatoms. The summed E-state index contributed by atoms with van der Waals surface area (Å²) in [7, 11) is 0. The standard InChI is InChI=1S/C14H22N2O2/c1-2-3-4-12-5-7-13(8-6-12)16-14(17)11-18-10-9-15/h5-8H,2-4,9-11,15H2,1H3,(H,16,17). The number of benzene rings is 1. The average Bonchev–Trinajstić information content (AvgIpc) is 2.38. The highest BCUT2D eigenvalue weighted by molar-refractivity contribution is 5.91. The summed E-state index contributed by atoms with van der Waals surface area (Å²) in [6.45, 7) is 3.06. The number of nitrogens with two attached hydrogens (primary N) is 1. The zero-order chi connectivity index (χ0) is 13.2. The summed E-state index contributed by atoms with van der Waals surface area (Å²) in [5, 5.41) is 2.78. The molecule has 0 fully saturated rings. The molecule has 0 aromatic heterocycles. The van der Waals surface area contributed by atoms with Crippen LogP contribution in [-0.4, -0.2) is 25.7 Å². The fourth-order valence-electron chi connectivity index (χ4n) is 1.58. The molecular weight excluding hydrogens is 228 g/mol. The van der Waals surface area contributed by atoms with Crippen molar-refractivity contribution in [1.82, 2.24) is 0 Å². The lowest BCUT2D eigenvalue weighted by molar-refractivity contribution is -0.120. The smallest absolute Gasteiger partial charge is 0.250 e. The van der Waals surface area contributed by atoms with Gasteiger partial charge >= 0.3 is 0 Å². The number of anilines is 1. The predicted octanol–water partition coefficient (Wildman–Crippen LogP) is 1.94. The second-order valence-electron chi connectivity index (χ2n) is 4.19. The van der Waals surface area contributed by atoms with Gasteiger partial charge in [0.2, 0.25) is 5.91 Å². The van der Waals surface area contributed by atoms with Crippen LogP contribution in [0.25, 0.3) is 0 Å². The van der Waals surface area contributed by atoms with Crippen LogP contribution in [0.2, 0.25) is 0 Å². The Morgan fingerprint density at radius 1 is 1.33 bits per heavy atom. The molecule has 0 spiro atoms. The highest BCUT2D eigenvalue weighted by Gasteiger charge is 2.02. The monoisotopic (exact) mass is 250 g/mol. The van der Waals surface area contributed by atoms with Gasteiger partial charge in [-0.15, -0.1) is 0 Å². The Balaban J connectivity index is 2.35. The number of hydrogen-bond acceptors (Lipinski definition) is 3. The molecule has 0 saturated heterocycles. The van der Waals surface area contributed by atoms with Gasteiger partial charge in [-0.25, -0.2) is 0 Å². The van der Waals surface area contributed by atoms with E-state index in [9.17, 15) is 4.79 Å². The number of amides is 1. The van der Waals surface area contributed by atoms with Crippen LogP contribution < -0.4 is 11.1 Å². The van der Waals surface area contributed by atoms with Gasteiger partial charge in [0.05, 0.1) is 6.61 Å². The van der Waals surface area contributed by atoms with E-state index in [1.807, 2.05) is 24.3 Å². The third-order valence-electron chi connectivity index (χ3n) is 2.55. The van der Waals surface area contributed by atoms with Crippen LogP contribution in [0.5, 0.6) is 0 Å². The molecule has 1 rings (SSSR count). The van der Waals surface area contributed by atoms with Gasteiger partial charge in [-0.05, 0) is 30.5 Å². The lowest BCUT2D eigenvalue weighted by Gasteiger charge is -2.06. The summed E-state index contributed by atoms with van der Waals surface area (Å²) in [5.74, 6) is -0.148. The molecule has 1 aromatic carbocycles. The number of rotatable bonds is 8. The summed E-state index contributed by atoms with van der Waals surface area (Å²) in [4.78, 5) is 11.5. The first-order valence-corrected chi connectivity index (χ1v) is 6.43. The first-order valence-electron chi connectivity index (χ1n) is 6.43. The van der Waals surface area contributed by atoms with Crippen molar-refractivity contribution in [2.75, 3.05) is 25.1 Å². The first-order chi connectivity index (χ1) is 8.76. The molecule has 0 heterocycles. The van der Waals surface area contributed by atoms with E-state index < -0.39 is 0 Å². The third kappa shape index (κ3) is 5.80. The Labute approximate surface area is 109 Å². The molecular formula is C14H22N2O2. The maximum Gasteiger partial charge on any atom is 0.250 e. The van der Waals surface area contributed by atoms with Crippen molar-refractivity contribution in [2.24, 2.45) is 5.73 Å². The lowest BCUT2D eigenvalue weighted by atomic mass is 10.1. The zero-order valence-electron chi connectivity index (χ0n) is 10.9. The summed E-state index contributed by atoms with van der Waals surface area (Å²) in [6, 6.07) is 7.94. The maximum atomic E-state index is 11.5. The van der Waals surface area contributed by atoms with E-state index in [4.69, 9.17) is 10.5 Å². The van der Waals surface area contributed by atoms with Crippen LogP contribution in [0.4, 0.5) is 5.69 Å². The molecule has 0 atom stereocenters. The molecule has 1 amide bonds. The molecule has 18 heavy (non-hydrogen) atoms. The van der Waals surface area contributed by atoms with Crippen LogP contribution in [-0.2, 0) is 16.0 Å². The number of aryl methyl sites for hydroxylation is 1. The minimum Gasteiger partial charge on any atom is -0.370 e. The number of carbonyl (C=O) groups is 1. The molecule has 100 valence electrons. The average molecular weight is 250 g/mol. The van der Waals surface area contributed by atoms with Crippen molar-refractivity contribution in [3.8, 4) is 0 Å². The molecule has 0 aliphatic rings. The van der Waals surface area contributed by atoms with Crippen molar-refractivity contribution < 1.29 is 9.53 Å². The number of unbranched alkanes of at least 4 members (excludes halogenated alkanes) is 1. The van der Waals surface area contributed by atoms with E-state index in [2.05, 4.69) is 12.2 Å². The highest BCUT2D eigenvalue weighted by Crippen LogP contribution is 2.11. The molecule has 1 aromatic rings. The number of carbonyl (C=O) groups excluding carboxylic acids is 1. The second-order valence-corrected chi connectivity index (χ2v) is 4.19. The maximum absolute atomic E-state index is 11.5. The topological polar surface area (TPSA) is 64.3 Å². The van der Waals surface area contributed by atoms with E-state index in [1.54, 1.807) is 0 Å². The predicted molar refractivity (Wildman–Crippen MR) is 73.6 cm³/mol. The molecule has 0 saturated carbocycles. The minimum atomic E-state index is -0.148. The van der Waals surface area contributed by atoms with Crippen molar-refractivity contribution in [3.05, 3.63) is 29.8 Å². The van der Waals surface area contributed by atoms with E-state index in [0.29, 0.717) is 13.2 Å². The van der Waals surface area contributed by atoms with Gasteiger partial charge in [0.25, 0.3) is 0 Å². The van der Waals surface area contributed by atoms with Gasteiger partial charge in [-0.1, -0.05) is 25.5 Å². The van der Waals surface area contributed by atoms with Gasteiger partial charge in [0.15, 0.2) is 0 Å². The van der Waals surface area contributed by atoms with E-state index in [1.165, 1.54) is 18.4 Å². The molecule has 0 unspecified atom stereocenters. The summed E-state index contributed by atoms with van der Waals surface area (Å²) < 4.78 is 5.06. The van der Waals surface area contributed by atoms with Crippen molar-refractivity contribution in [1.29, 1.82) is 0 Å². The molecule has 3 N–H and O–H groups in total. The molecule has 0 radical (unpaired) electrons. The summed E-state index contributed by atoms with van der Waals surface area (Å²) >= 11 is 0. The number of nitrogens with one attached hydrogen (secondary N) is 1. The third-order valence-corrected chi connectivity index (χ3v) is 2.55. The van der Waals surface area contributed by atoms with Crippen molar-refractivity contribution in [2.45, 2.75) is 26.2 Å². The number of ether oxygens (including phenoxy) is 1. The van der Waals surface area contributed by atoms with Gasteiger partial charge in [-0.3, -0.25) is 4.79 Å².